The van der Waals surface area contributed by atoms with Crippen LogP contribution in [-0.4, -0.2) is 11.1 Å². The van der Waals surface area contributed by atoms with Gasteiger partial charge in [0, 0.05) is 17.8 Å². The van der Waals surface area contributed by atoms with E-state index in [4.69, 9.17) is 9.47 Å². The van der Waals surface area contributed by atoms with Crippen LogP contribution in [0.2, 0.25) is 0 Å². The number of hydrogen-bond donors (Lipinski definition) is 0. The van der Waals surface area contributed by atoms with Crippen LogP contribution in [0.5, 0.6) is 23.0 Å². The van der Waals surface area contributed by atoms with Crippen molar-refractivity contribution < 1.29 is 27.6 Å². The molecule has 9 heteroatoms. The summed E-state index contributed by atoms with van der Waals surface area (Å²) in [6, 6.07) is 25.0. The van der Waals surface area contributed by atoms with E-state index in [0.717, 1.165) is 12.1 Å². The molecule has 0 bridgehead atoms. The standard InChI is InChI=1S/C26H17F3N2O4/c27-26(28,29)19-10-15-25(23(16-19)31(32)33)35-24-9-5-4-6-18(24)17-30-20-11-13-22(14-12-20)34-21-7-2-1-3-8-21/h1-17H. The summed E-state index contributed by atoms with van der Waals surface area (Å²) in [5.74, 6) is 1.22. The number of nitro benzene ring substituents is 1. The maximum Gasteiger partial charge on any atom is 0.416 e. The lowest BCUT2D eigenvalue weighted by molar-refractivity contribution is -0.385. The Labute approximate surface area is 198 Å². The third-order valence-electron chi connectivity index (χ3n) is 4.79. The zero-order chi connectivity index (χ0) is 24.8. The summed E-state index contributed by atoms with van der Waals surface area (Å²) in [6.07, 6.45) is -3.21. The molecule has 0 aromatic heterocycles. The molecule has 0 aliphatic carbocycles. The Kier molecular flexibility index (Phi) is 6.77. The molecule has 0 N–H and O–H groups in total. The number of alkyl halides is 3. The molecule has 6 nitrogen and oxygen atoms in total. The maximum absolute atomic E-state index is 13.0. The van der Waals surface area contributed by atoms with Crippen molar-refractivity contribution in [3.05, 3.63) is 118 Å². The lowest BCUT2D eigenvalue weighted by Crippen LogP contribution is -2.06. The van der Waals surface area contributed by atoms with Crippen molar-refractivity contribution in [1.82, 2.24) is 0 Å². The van der Waals surface area contributed by atoms with Crippen molar-refractivity contribution in [3.8, 4) is 23.0 Å². The van der Waals surface area contributed by atoms with Crippen LogP contribution in [0.4, 0.5) is 24.5 Å². The Balaban J connectivity index is 1.53. The minimum atomic E-state index is -4.71. The molecule has 4 aromatic carbocycles. The monoisotopic (exact) mass is 478 g/mol. The van der Waals surface area contributed by atoms with Crippen molar-refractivity contribution in [2.24, 2.45) is 4.99 Å². The van der Waals surface area contributed by atoms with E-state index in [1.165, 1.54) is 6.21 Å². The second-order valence-corrected chi connectivity index (χ2v) is 7.24. The Morgan fingerprint density at radius 1 is 0.771 bits per heavy atom. The third kappa shape index (κ3) is 6.02. The van der Waals surface area contributed by atoms with Crippen LogP contribution in [-0.2, 0) is 6.18 Å². The molecule has 0 radical (unpaired) electrons. The van der Waals surface area contributed by atoms with Crippen LogP contribution in [0.3, 0.4) is 0 Å². The van der Waals surface area contributed by atoms with E-state index in [1.54, 1.807) is 48.5 Å². The lowest BCUT2D eigenvalue weighted by Gasteiger charge is -2.11. The minimum Gasteiger partial charge on any atom is -0.457 e. The van der Waals surface area contributed by atoms with E-state index in [0.29, 0.717) is 28.8 Å². The van der Waals surface area contributed by atoms with Crippen LogP contribution >= 0.6 is 0 Å². The van der Waals surface area contributed by atoms with Gasteiger partial charge < -0.3 is 9.47 Å². The van der Waals surface area contributed by atoms with Crippen molar-refractivity contribution >= 4 is 17.6 Å². The molecule has 176 valence electrons. The number of benzene rings is 4. The fourth-order valence-electron chi connectivity index (χ4n) is 3.09. The van der Waals surface area contributed by atoms with E-state index in [-0.39, 0.29) is 11.5 Å². The van der Waals surface area contributed by atoms with Crippen LogP contribution in [0.15, 0.2) is 102 Å². The number of rotatable bonds is 7. The molecule has 4 rings (SSSR count). The summed E-state index contributed by atoms with van der Waals surface area (Å²) in [5.41, 5.74) is -0.835. The molecule has 0 aliphatic heterocycles. The fraction of sp³-hybridized carbons (Fsp3) is 0.0385. The van der Waals surface area contributed by atoms with E-state index in [1.807, 2.05) is 30.3 Å². The zero-order valence-electron chi connectivity index (χ0n) is 18.0. The van der Waals surface area contributed by atoms with Gasteiger partial charge >= 0.3 is 11.9 Å². The summed E-state index contributed by atoms with van der Waals surface area (Å²) in [6.45, 7) is 0. The highest BCUT2D eigenvalue weighted by molar-refractivity contribution is 5.85. The SMILES string of the molecule is O=[N+]([O-])c1cc(C(F)(F)F)ccc1Oc1ccccc1C=Nc1ccc(Oc2ccccc2)cc1. The fourth-order valence-corrected chi connectivity index (χ4v) is 3.09. The van der Waals surface area contributed by atoms with Gasteiger partial charge in [0.1, 0.15) is 17.2 Å². The third-order valence-corrected chi connectivity index (χ3v) is 4.79. The van der Waals surface area contributed by atoms with Crippen molar-refractivity contribution in [2.45, 2.75) is 6.18 Å². The molecule has 0 atom stereocenters. The predicted octanol–water partition coefficient (Wildman–Crippen LogP) is 7.95. The second kappa shape index (κ2) is 10.1. The van der Waals surface area contributed by atoms with Gasteiger partial charge in [-0.25, -0.2) is 0 Å². The first-order valence-electron chi connectivity index (χ1n) is 10.3. The van der Waals surface area contributed by atoms with Gasteiger partial charge in [0.2, 0.25) is 5.75 Å². The number of ether oxygens (including phenoxy) is 2. The minimum absolute atomic E-state index is 0.197. The Bertz CT molecular complexity index is 1360. The zero-order valence-corrected chi connectivity index (χ0v) is 18.0. The van der Waals surface area contributed by atoms with Gasteiger partial charge in [-0.05, 0) is 60.7 Å². The molecule has 0 saturated carbocycles. The molecule has 4 aromatic rings. The van der Waals surface area contributed by atoms with Gasteiger partial charge in [0.05, 0.1) is 16.2 Å². The van der Waals surface area contributed by atoms with E-state index in [9.17, 15) is 23.3 Å². The topological polar surface area (TPSA) is 74.0 Å². The average Bonchev–Trinajstić information content (AvgIpc) is 2.84. The first-order chi connectivity index (χ1) is 16.8. The van der Waals surface area contributed by atoms with Crippen molar-refractivity contribution in [3.63, 3.8) is 0 Å². The van der Waals surface area contributed by atoms with Gasteiger partial charge in [-0.3, -0.25) is 15.1 Å². The predicted molar refractivity (Wildman–Crippen MR) is 125 cm³/mol. The summed E-state index contributed by atoms with van der Waals surface area (Å²) in [5, 5.41) is 11.4. The largest absolute Gasteiger partial charge is 0.457 e. The molecule has 0 amide bonds. The van der Waals surface area contributed by atoms with E-state index < -0.39 is 22.4 Å². The quantitative estimate of drug-likeness (QED) is 0.153. The number of hydrogen-bond acceptors (Lipinski definition) is 5. The molecule has 0 fully saturated rings. The first-order valence-corrected chi connectivity index (χ1v) is 10.3. The van der Waals surface area contributed by atoms with Crippen LogP contribution in [0.25, 0.3) is 0 Å². The molecule has 35 heavy (non-hydrogen) atoms. The molecular weight excluding hydrogens is 461 g/mol. The Hall–Kier alpha value is -4.66. The summed E-state index contributed by atoms with van der Waals surface area (Å²) in [4.78, 5) is 14.8. The van der Waals surface area contributed by atoms with Crippen molar-refractivity contribution in [2.75, 3.05) is 0 Å². The number of para-hydroxylation sites is 2. The smallest absolute Gasteiger partial charge is 0.416 e. The molecule has 0 heterocycles. The maximum atomic E-state index is 13.0. The Morgan fingerprint density at radius 3 is 2.11 bits per heavy atom. The van der Waals surface area contributed by atoms with Gasteiger partial charge in [-0.15, -0.1) is 0 Å². The second-order valence-electron chi connectivity index (χ2n) is 7.24. The molecular formula is C26H17F3N2O4. The number of nitro groups is 1. The van der Waals surface area contributed by atoms with Crippen LogP contribution < -0.4 is 9.47 Å². The number of aliphatic imine (C=N–C) groups is 1. The van der Waals surface area contributed by atoms with E-state index >= 15 is 0 Å². The number of nitrogens with zero attached hydrogens (tertiary/aromatic N) is 2. The highest BCUT2D eigenvalue weighted by atomic mass is 19.4. The Morgan fingerprint density at radius 2 is 1.43 bits per heavy atom. The van der Waals surface area contributed by atoms with Gasteiger partial charge in [0.15, 0.2) is 0 Å². The highest BCUT2D eigenvalue weighted by Gasteiger charge is 2.33. The van der Waals surface area contributed by atoms with Gasteiger partial charge in [0.25, 0.3) is 0 Å². The molecule has 0 spiro atoms. The summed E-state index contributed by atoms with van der Waals surface area (Å²) in [7, 11) is 0. The van der Waals surface area contributed by atoms with Crippen LogP contribution in [0.1, 0.15) is 11.1 Å². The average molecular weight is 478 g/mol. The van der Waals surface area contributed by atoms with Gasteiger partial charge in [-0.1, -0.05) is 30.3 Å². The molecule has 0 saturated heterocycles. The highest BCUT2D eigenvalue weighted by Crippen LogP contribution is 2.38. The van der Waals surface area contributed by atoms with Crippen LogP contribution in [0, 0.1) is 10.1 Å². The lowest BCUT2D eigenvalue weighted by atomic mass is 10.1. The molecule has 0 unspecified atom stereocenters. The normalized spacial score (nSPS) is 11.4. The number of halogens is 3. The summed E-state index contributed by atoms with van der Waals surface area (Å²) >= 11 is 0. The van der Waals surface area contributed by atoms with Crippen molar-refractivity contribution in [1.29, 1.82) is 0 Å². The summed E-state index contributed by atoms with van der Waals surface area (Å²) < 4.78 is 50.3. The van der Waals surface area contributed by atoms with Gasteiger partial charge in [-0.2, -0.15) is 13.2 Å². The molecule has 0 aliphatic rings. The van der Waals surface area contributed by atoms with E-state index in [2.05, 4.69) is 4.99 Å². The first kappa shape index (κ1) is 23.5.